The number of rotatable bonds is 8. The normalized spacial score (nSPS) is 20.5. The van der Waals surface area contributed by atoms with Crippen LogP contribution in [0.4, 0.5) is 0 Å². The standard InChI is InChI=1S/C25H34/c1-2-6-21-9-12-23(13-10-21)15-18-25-19-16-24(17-20-25)14-11-22-7-4-3-5-8-22/h3-5,7-10,12-13,24-25H,2,6,11,14-20H2,1H3. The van der Waals surface area contributed by atoms with E-state index in [1.807, 2.05) is 0 Å². The van der Waals surface area contributed by atoms with Crippen LogP contribution in [0.15, 0.2) is 54.6 Å². The molecule has 134 valence electrons. The molecule has 0 amide bonds. The zero-order chi connectivity index (χ0) is 17.3. The Morgan fingerprint density at radius 1 is 0.600 bits per heavy atom. The minimum Gasteiger partial charge on any atom is -0.0651 e. The van der Waals surface area contributed by atoms with Gasteiger partial charge in [0.25, 0.3) is 0 Å². The molecule has 1 saturated carbocycles. The maximum Gasteiger partial charge on any atom is -0.0276 e. The van der Waals surface area contributed by atoms with E-state index in [2.05, 4.69) is 61.5 Å². The Balaban J connectivity index is 1.35. The van der Waals surface area contributed by atoms with Gasteiger partial charge in [0.05, 0.1) is 0 Å². The Morgan fingerprint density at radius 2 is 1.04 bits per heavy atom. The fraction of sp³-hybridized carbons (Fsp3) is 0.520. The SMILES string of the molecule is CCCc1ccc(CCC2CCC(CCc3ccccc3)CC2)cc1. The molecular formula is C25H34. The quantitative estimate of drug-likeness (QED) is 0.487. The second-order valence-corrected chi connectivity index (χ2v) is 8.02. The van der Waals surface area contributed by atoms with Crippen LogP contribution >= 0.6 is 0 Å². The lowest BCUT2D eigenvalue weighted by Crippen LogP contribution is -2.15. The van der Waals surface area contributed by atoms with Gasteiger partial charge in [0.15, 0.2) is 0 Å². The Kier molecular flexibility index (Phi) is 7.15. The second-order valence-electron chi connectivity index (χ2n) is 8.02. The first-order valence-corrected chi connectivity index (χ1v) is 10.4. The zero-order valence-corrected chi connectivity index (χ0v) is 15.9. The molecule has 0 saturated heterocycles. The van der Waals surface area contributed by atoms with Crippen molar-refractivity contribution in [2.75, 3.05) is 0 Å². The molecule has 0 aliphatic heterocycles. The van der Waals surface area contributed by atoms with Gasteiger partial charge in [0.1, 0.15) is 0 Å². The molecule has 0 bridgehead atoms. The van der Waals surface area contributed by atoms with E-state index in [9.17, 15) is 0 Å². The molecule has 0 unspecified atom stereocenters. The van der Waals surface area contributed by atoms with Crippen molar-refractivity contribution in [3.8, 4) is 0 Å². The van der Waals surface area contributed by atoms with Crippen molar-refractivity contribution in [1.29, 1.82) is 0 Å². The van der Waals surface area contributed by atoms with Gasteiger partial charge in [0.2, 0.25) is 0 Å². The highest BCUT2D eigenvalue weighted by atomic mass is 14.3. The van der Waals surface area contributed by atoms with Crippen LogP contribution in [0.3, 0.4) is 0 Å². The summed E-state index contributed by atoms with van der Waals surface area (Å²) in [6, 6.07) is 20.4. The summed E-state index contributed by atoms with van der Waals surface area (Å²) < 4.78 is 0. The van der Waals surface area contributed by atoms with E-state index >= 15 is 0 Å². The summed E-state index contributed by atoms with van der Waals surface area (Å²) in [4.78, 5) is 0. The van der Waals surface area contributed by atoms with Crippen molar-refractivity contribution < 1.29 is 0 Å². The lowest BCUT2D eigenvalue weighted by molar-refractivity contribution is 0.253. The molecule has 0 atom stereocenters. The maximum absolute atomic E-state index is 2.36. The van der Waals surface area contributed by atoms with Gasteiger partial charge < -0.3 is 0 Å². The predicted octanol–water partition coefficient (Wildman–Crippen LogP) is 7.01. The third-order valence-corrected chi connectivity index (χ3v) is 6.05. The smallest absolute Gasteiger partial charge is 0.0276 e. The van der Waals surface area contributed by atoms with Crippen LogP contribution in [0.2, 0.25) is 0 Å². The molecule has 1 aliphatic rings. The predicted molar refractivity (Wildman–Crippen MR) is 109 cm³/mol. The average Bonchev–Trinajstić information content (AvgIpc) is 2.68. The highest BCUT2D eigenvalue weighted by Gasteiger charge is 2.20. The molecule has 2 aromatic rings. The van der Waals surface area contributed by atoms with Crippen molar-refractivity contribution in [2.45, 2.75) is 71.1 Å². The summed E-state index contributed by atoms with van der Waals surface area (Å²) >= 11 is 0. The van der Waals surface area contributed by atoms with Crippen molar-refractivity contribution >= 4 is 0 Å². The van der Waals surface area contributed by atoms with E-state index in [1.54, 1.807) is 0 Å². The van der Waals surface area contributed by atoms with Gasteiger partial charge in [-0.25, -0.2) is 0 Å². The van der Waals surface area contributed by atoms with Crippen LogP contribution in [0.25, 0.3) is 0 Å². The van der Waals surface area contributed by atoms with E-state index in [0.29, 0.717) is 0 Å². The number of hydrogen-bond donors (Lipinski definition) is 0. The molecule has 0 heteroatoms. The third-order valence-electron chi connectivity index (χ3n) is 6.05. The highest BCUT2D eigenvalue weighted by molar-refractivity contribution is 5.22. The molecule has 25 heavy (non-hydrogen) atoms. The van der Waals surface area contributed by atoms with Crippen LogP contribution in [-0.4, -0.2) is 0 Å². The monoisotopic (exact) mass is 334 g/mol. The van der Waals surface area contributed by atoms with Crippen molar-refractivity contribution in [3.63, 3.8) is 0 Å². The first kappa shape index (κ1) is 18.2. The summed E-state index contributed by atoms with van der Waals surface area (Å²) in [7, 11) is 0. The highest BCUT2D eigenvalue weighted by Crippen LogP contribution is 2.34. The Bertz CT molecular complexity index is 588. The van der Waals surface area contributed by atoms with Gasteiger partial charge in [-0.2, -0.15) is 0 Å². The number of aryl methyl sites for hydroxylation is 3. The fourth-order valence-corrected chi connectivity index (χ4v) is 4.36. The van der Waals surface area contributed by atoms with Crippen LogP contribution in [0.5, 0.6) is 0 Å². The Labute approximate surface area is 154 Å². The Morgan fingerprint density at radius 3 is 1.52 bits per heavy atom. The topological polar surface area (TPSA) is 0 Å². The molecule has 0 N–H and O–H groups in total. The first-order chi connectivity index (χ1) is 12.3. The maximum atomic E-state index is 2.36. The van der Waals surface area contributed by atoms with E-state index in [-0.39, 0.29) is 0 Å². The summed E-state index contributed by atoms with van der Waals surface area (Å²) in [6.07, 6.45) is 13.6. The van der Waals surface area contributed by atoms with Crippen LogP contribution < -0.4 is 0 Å². The minimum atomic E-state index is 0.961. The summed E-state index contributed by atoms with van der Waals surface area (Å²) in [5.41, 5.74) is 4.53. The lowest BCUT2D eigenvalue weighted by atomic mass is 9.77. The number of hydrogen-bond acceptors (Lipinski definition) is 0. The van der Waals surface area contributed by atoms with E-state index in [4.69, 9.17) is 0 Å². The molecule has 0 nitrogen and oxygen atoms in total. The van der Waals surface area contributed by atoms with E-state index < -0.39 is 0 Å². The molecule has 2 aromatic carbocycles. The minimum absolute atomic E-state index is 0.961. The molecule has 1 fully saturated rings. The van der Waals surface area contributed by atoms with Gasteiger partial charge in [-0.1, -0.05) is 93.6 Å². The van der Waals surface area contributed by atoms with Crippen molar-refractivity contribution in [1.82, 2.24) is 0 Å². The number of benzene rings is 2. The van der Waals surface area contributed by atoms with Gasteiger partial charge in [-0.05, 0) is 60.6 Å². The van der Waals surface area contributed by atoms with Crippen molar-refractivity contribution in [3.05, 3.63) is 71.3 Å². The summed E-state index contributed by atoms with van der Waals surface area (Å²) in [5.74, 6) is 1.92. The largest absolute Gasteiger partial charge is 0.0651 e. The fourth-order valence-electron chi connectivity index (χ4n) is 4.36. The van der Waals surface area contributed by atoms with Crippen LogP contribution in [0.1, 0.15) is 68.6 Å². The van der Waals surface area contributed by atoms with Gasteiger partial charge >= 0.3 is 0 Å². The first-order valence-electron chi connectivity index (χ1n) is 10.4. The summed E-state index contributed by atoms with van der Waals surface area (Å²) in [5, 5.41) is 0. The Hall–Kier alpha value is -1.56. The van der Waals surface area contributed by atoms with Gasteiger partial charge in [-0.15, -0.1) is 0 Å². The molecule has 1 aliphatic carbocycles. The third kappa shape index (κ3) is 6.03. The van der Waals surface area contributed by atoms with E-state index in [1.165, 1.54) is 80.9 Å². The average molecular weight is 335 g/mol. The van der Waals surface area contributed by atoms with Crippen molar-refractivity contribution in [2.24, 2.45) is 11.8 Å². The van der Waals surface area contributed by atoms with Gasteiger partial charge in [0, 0.05) is 0 Å². The summed E-state index contributed by atoms with van der Waals surface area (Å²) in [6.45, 7) is 2.25. The van der Waals surface area contributed by atoms with Crippen LogP contribution in [-0.2, 0) is 19.3 Å². The second kappa shape index (κ2) is 9.80. The van der Waals surface area contributed by atoms with Gasteiger partial charge in [-0.3, -0.25) is 0 Å². The molecular weight excluding hydrogens is 300 g/mol. The molecule has 0 spiro atoms. The molecule has 0 aromatic heterocycles. The van der Waals surface area contributed by atoms with Crippen LogP contribution in [0, 0.1) is 11.8 Å². The zero-order valence-electron chi connectivity index (χ0n) is 15.9. The lowest BCUT2D eigenvalue weighted by Gasteiger charge is -2.28. The molecule has 0 radical (unpaired) electrons. The van der Waals surface area contributed by atoms with E-state index in [0.717, 1.165) is 11.8 Å². The molecule has 3 rings (SSSR count). The molecule has 0 heterocycles.